The van der Waals surface area contributed by atoms with Crippen LogP contribution in [0.4, 0.5) is 5.95 Å². The lowest BCUT2D eigenvalue weighted by atomic mass is 10.3. The van der Waals surface area contributed by atoms with E-state index in [4.69, 9.17) is 16.6 Å². The molecule has 1 aromatic rings. The fraction of sp³-hybridized carbons (Fsp3) is 0.182. The number of anilines is 1. The second-order valence-electron chi connectivity index (χ2n) is 3.78. The number of hydrogen-bond acceptors (Lipinski definition) is 6. The number of carboxylic acids is 1. The SMILES string of the molecule is NC(=O)CN(CC(N)=O)c1ncc(/C=C/C(=O)O)cn1. The first kappa shape index (κ1) is 15.1. The molecule has 0 unspecified atom stereocenters. The van der Waals surface area contributed by atoms with Crippen LogP contribution in [0.3, 0.4) is 0 Å². The van der Waals surface area contributed by atoms with Crippen LogP contribution >= 0.6 is 0 Å². The number of nitrogens with zero attached hydrogens (tertiary/aromatic N) is 3. The van der Waals surface area contributed by atoms with Crippen LogP contribution in [0.15, 0.2) is 18.5 Å². The van der Waals surface area contributed by atoms with Crippen LogP contribution in [-0.4, -0.2) is 45.9 Å². The van der Waals surface area contributed by atoms with Gasteiger partial charge in [0, 0.05) is 24.0 Å². The highest BCUT2D eigenvalue weighted by Gasteiger charge is 2.14. The molecule has 1 rings (SSSR count). The molecule has 0 saturated carbocycles. The third-order valence-electron chi connectivity index (χ3n) is 2.05. The van der Waals surface area contributed by atoms with Crippen LogP contribution in [-0.2, 0) is 14.4 Å². The summed E-state index contributed by atoms with van der Waals surface area (Å²) in [5, 5.41) is 8.48. The fourth-order valence-corrected chi connectivity index (χ4v) is 1.32. The summed E-state index contributed by atoms with van der Waals surface area (Å²) in [6, 6.07) is 0. The molecule has 0 fully saturated rings. The maximum Gasteiger partial charge on any atom is 0.328 e. The standard InChI is InChI=1S/C11H13N5O4/c12-8(17)5-16(6-9(13)18)11-14-3-7(4-15-11)1-2-10(19)20/h1-4H,5-6H2,(H2,12,17)(H2,13,18)(H,19,20)/b2-1+. The van der Waals surface area contributed by atoms with Gasteiger partial charge >= 0.3 is 5.97 Å². The van der Waals surface area contributed by atoms with Crippen LogP contribution in [0.2, 0.25) is 0 Å². The van der Waals surface area contributed by atoms with Crippen molar-refractivity contribution >= 4 is 29.8 Å². The molecule has 5 N–H and O–H groups in total. The monoisotopic (exact) mass is 279 g/mol. The van der Waals surface area contributed by atoms with E-state index in [0.29, 0.717) is 5.56 Å². The van der Waals surface area contributed by atoms with E-state index in [2.05, 4.69) is 9.97 Å². The molecule has 0 saturated heterocycles. The van der Waals surface area contributed by atoms with Crippen molar-refractivity contribution in [3.8, 4) is 0 Å². The van der Waals surface area contributed by atoms with E-state index in [1.54, 1.807) is 0 Å². The Morgan fingerprint density at radius 3 is 2.05 bits per heavy atom. The van der Waals surface area contributed by atoms with Gasteiger partial charge in [0.2, 0.25) is 17.8 Å². The van der Waals surface area contributed by atoms with E-state index < -0.39 is 17.8 Å². The average molecular weight is 279 g/mol. The van der Waals surface area contributed by atoms with Crippen molar-refractivity contribution in [3.63, 3.8) is 0 Å². The minimum absolute atomic E-state index is 0.0927. The lowest BCUT2D eigenvalue weighted by molar-refractivity contribution is -0.131. The lowest BCUT2D eigenvalue weighted by Gasteiger charge is -2.18. The van der Waals surface area contributed by atoms with Gasteiger partial charge in [-0.1, -0.05) is 0 Å². The van der Waals surface area contributed by atoms with E-state index in [9.17, 15) is 14.4 Å². The Hall–Kier alpha value is -2.97. The molecule has 9 heteroatoms. The summed E-state index contributed by atoms with van der Waals surface area (Å²) in [7, 11) is 0. The molecule has 0 aliphatic rings. The molecule has 106 valence electrons. The van der Waals surface area contributed by atoms with Gasteiger partial charge in [0.25, 0.3) is 0 Å². The van der Waals surface area contributed by atoms with Gasteiger partial charge in [-0.2, -0.15) is 0 Å². The summed E-state index contributed by atoms with van der Waals surface area (Å²) in [5.74, 6) is -2.33. The lowest BCUT2D eigenvalue weighted by Crippen LogP contribution is -2.40. The van der Waals surface area contributed by atoms with E-state index in [0.717, 1.165) is 6.08 Å². The number of aromatic nitrogens is 2. The predicted octanol–water partition coefficient (Wildman–Crippen LogP) is -1.65. The summed E-state index contributed by atoms with van der Waals surface area (Å²) >= 11 is 0. The molecule has 9 nitrogen and oxygen atoms in total. The van der Waals surface area contributed by atoms with E-state index in [1.807, 2.05) is 0 Å². The van der Waals surface area contributed by atoms with Crippen LogP contribution in [0.25, 0.3) is 6.08 Å². The van der Waals surface area contributed by atoms with Crippen LogP contribution < -0.4 is 16.4 Å². The summed E-state index contributed by atoms with van der Waals surface area (Å²) in [6.07, 6.45) is 4.93. The number of amides is 2. The molecule has 0 aliphatic heterocycles. The summed E-state index contributed by atoms with van der Waals surface area (Å²) in [5.41, 5.74) is 10.6. The molecule has 20 heavy (non-hydrogen) atoms. The molecule has 0 radical (unpaired) electrons. The summed E-state index contributed by atoms with van der Waals surface area (Å²) in [4.78, 5) is 41.2. The van der Waals surface area contributed by atoms with Gasteiger partial charge in [0.1, 0.15) is 13.1 Å². The molecule has 2 amide bonds. The average Bonchev–Trinajstić information content (AvgIpc) is 2.35. The zero-order valence-electron chi connectivity index (χ0n) is 10.4. The topological polar surface area (TPSA) is 152 Å². The van der Waals surface area contributed by atoms with Gasteiger partial charge in [0.15, 0.2) is 0 Å². The first-order valence-corrected chi connectivity index (χ1v) is 5.43. The Kier molecular flexibility index (Phi) is 5.15. The Morgan fingerprint density at radius 2 is 1.65 bits per heavy atom. The van der Waals surface area contributed by atoms with Crippen molar-refractivity contribution in [1.29, 1.82) is 0 Å². The fourth-order valence-electron chi connectivity index (χ4n) is 1.32. The minimum atomic E-state index is -1.10. The Bertz CT molecular complexity index is 524. The highest BCUT2D eigenvalue weighted by atomic mass is 16.4. The van der Waals surface area contributed by atoms with Crippen molar-refractivity contribution in [1.82, 2.24) is 9.97 Å². The molecule has 1 heterocycles. The molecule has 1 aromatic heterocycles. The molecular formula is C11H13N5O4. The second-order valence-corrected chi connectivity index (χ2v) is 3.78. The van der Waals surface area contributed by atoms with Gasteiger partial charge in [-0.15, -0.1) is 0 Å². The second kappa shape index (κ2) is 6.83. The van der Waals surface area contributed by atoms with E-state index >= 15 is 0 Å². The highest BCUT2D eigenvalue weighted by molar-refractivity contribution is 5.85. The number of primary amides is 2. The molecule has 0 aromatic carbocycles. The third-order valence-corrected chi connectivity index (χ3v) is 2.05. The minimum Gasteiger partial charge on any atom is -0.478 e. The van der Waals surface area contributed by atoms with Crippen molar-refractivity contribution in [3.05, 3.63) is 24.0 Å². The van der Waals surface area contributed by atoms with E-state index in [-0.39, 0.29) is 19.0 Å². The highest BCUT2D eigenvalue weighted by Crippen LogP contribution is 2.07. The Labute approximate surface area is 113 Å². The molecule has 0 aliphatic carbocycles. The first-order chi connectivity index (χ1) is 9.38. The molecule has 0 bridgehead atoms. The Morgan fingerprint density at radius 1 is 1.15 bits per heavy atom. The van der Waals surface area contributed by atoms with Crippen LogP contribution in [0.1, 0.15) is 5.56 Å². The zero-order chi connectivity index (χ0) is 15.1. The van der Waals surface area contributed by atoms with Gasteiger partial charge in [-0.25, -0.2) is 14.8 Å². The first-order valence-electron chi connectivity index (χ1n) is 5.43. The Balaban J connectivity index is 2.89. The summed E-state index contributed by atoms with van der Waals surface area (Å²) < 4.78 is 0. The smallest absolute Gasteiger partial charge is 0.328 e. The predicted molar refractivity (Wildman–Crippen MR) is 69.3 cm³/mol. The van der Waals surface area contributed by atoms with Crippen molar-refractivity contribution in [2.45, 2.75) is 0 Å². The number of carbonyl (C=O) groups excluding carboxylic acids is 2. The van der Waals surface area contributed by atoms with Crippen molar-refractivity contribution < 1.29 is 19.5 Å². The van der Waals surface area contributed by atoms with Gasteiger partial charge < -0.3 is 21.5 Å². The quantitative estimate of drug-likeness (QED) is 0.505. The van der Waals surface area contributed by atoms with E-state index in [1.165, 1.54) is 23.4 Å². The molecular weight excluding hydrogens is 266 g/mol. The number of nitrogens with two attached hydrogens (primary N) is 2. The maximum atomic E-state index is 10.9. The van der Waals surface area contributed by atoms with Crippen LogP contribution in [0.5, 0.6) is 0 Å². The van der Waals surface area contributed by atoms with Gasteiger partial charge in [-0.3, -0.25) is 9.59 Å². The number of carboxylic acid groups (broad SMARTS) is 1. The number of carbonyl (C=O) groups is 3. The van der Waals surface area contributed by atoms with Crippen molar-refractivity contribution in [2.75, 3.05) is 18.0 Å². The number of aliphatic carboxylic acids is 1. The van der Waals surface area contributed by atoms with Gasteiger partial charge in [0.05, 0.1) is 0 Å². The summed E-state index contributed by atoms with van der Waals surface area (Å²) in [6.45, 7) is -0.513. The maximum absolute atomic E-state index is 10.9. The van der Waals surface area contributed by atoms with Crippen LogP contribution in [0, 0.1) is 0 Å². The normalized spacial score (nSPS) is 10.4. The third kappa shape index (κ3) is 5.12. The number of rotatable bonds is 7. The number of hydrogen-bond donors (Lipinski definition) is 3. The zero-order valence-corrected chi connectivity index (χ0v) is 10.4. The molecule has 0 spiro atoms. The molecule has 0 atom stereocenters. The van der Waals surface area contributed by atoms with Crippen molar-refractivity contribution in [2.24, 2.45) is 11.5 Å². The van der Waals surface area contributed by atoms with Gasteiger partial charge in [-0.05, 0) is 6.08 Å². The largest absolute Gasteiger partial charge is 0.478 e.